The van der Waals surface area contributed by atoms with Crippen LogP contribution >= 0.6 is 0 Å². The molecular weight excluding hydrogens is 404 g/mol. The first-order chi connectivity index (χ1) is 15.6. The van der Waals surface area contributed by atoms with Crippen molar-refractivity contribution < 1.29 is 19.1 Å². The van der Waals surface area contributed by atoms with Crippen LogP contribution in [-0.4, -0.2) is 26.0 Å². The second-order valence-electron chi connectivity index (χ2n) is 7.28. The van der Waals surface area contributed by atoms with Crippen molar-refractivity contribution in [1.82, 2.24) is 0 Å². The molecule has 0 radical (unpaired) electrons. The second kappa shape index (κ2) is 8.98. The van der Waals surface area contributed by atoms with Gasteiger partial charge in [-0.3, -0.25) is 9.59 Å². The molecule has 1 aliphatic rings. The van der Waals surface area contributed by atoms with Gasteiger partial charge in [0.2, 0.25) is 0 Å². The number of aryl methyl sites for hydroxylation is 1. The molecule has 162 valence electrons. The van der Waals surface area contributed by atoms with Crippen LogP contribution in [0.3, 0.4) is 0 Å². The summed E-state index contributed by atoms with van der Waals surface area (Å²) in [5, 5.41) is 3.18. The van der Waals surface area contributed by atoms with Gasteiger partial charge in [-0.25, -0.2) is 4.90 Å². The molecular formula is C26H24N2O4. The topological polar surface area (TPSA) is 67.9 Å². The van der Waals surface area contributed by atoms with Gasteiger partial charge in [0.15, 0.2) is 11.5 Å². The molecule has 0 atom stereocenters. The largest absolute Gasteiger partial charge is 0.493 e. The summed E-state index contributed by atoms with van der Waals surface area (Å²) in [6.07, 6.45) is 0.916. The van der Waals surface area contributed by atoms with Gasteiger partial charge in [-0.15, -0.1) is 0 Å². The van der Waals surface area contributed by atoms with E-state index in [-0.39, 0.29) is 11.3 Å². The molecule has 2 amide bonds. The number of nitrogens with zero attached hydrogens (tertiary/aromatic N) is 1. The number of ether oxygens (including phenoxy) is 2. The van der Waals surface area contributed by atoms with E-state index in [1.54, 1.807) is 49.6 Å². The number of anilines is 2. The SMILES string of the molecule is CCc1ccc(NC2=C(c3ccc(OC)c(OC)c3)C(=O)N(c3ccccc3)C2=O)cc1. The van der Waals surface area contributed by atoms with Crippen molar-refractivity contribution in [3.05, 3.63) is 89.6 Å². The fraction of sp³-hybridized carbons (Fsp3) is 0.154. The number of hydrogen-bond acceptors (Lipinski definition) is 5. The molecule has 4 rings (SSSR count). The Morgan fingerprint density at radius 3 is 2.12 bits per heavy atom. The summed E-state index contributed by atoms with van der Waals surface area (Å²) in [5.74, 6) is 0.201. The molecule has 32 heavy (non-hydrogen) atoms. The van der Waals surface area contributed by atoms with Gasteiger partial charge in [0.25, 0.3) is 11.8 Å². The summed E-state index contributed by atoms with van der Waals surface area (Å²) in [4.78, 5) is 28.1. The lowest BCUT2D eigenvalue weighted by molar-refractivity contribution is -0.120. The molecule has 3 aromatic rings. The number of carbonyl (C=O) groups is 2. The van der Waals surface area contributed by atoms with Crippen LogP contribution in [-0.2, 0) is 16.0 Å². The Hall–Kier alpha value is -4.06. The molecule has 1 aliphatic heterocycles. The molecule has 0 fully saturated rings. The van der Waals surface area contributed by atoms with Gasteiger partial charge in [-0.05, 0) is 53.9 Å². The van der Waals surface area contributed by atoms with Crippen LogP contribution in [0.15, 0.2) is 78.5 Å². The first-order valence-electron chi connectivity index (χ1n) is 10.3. The average Bonchev–Trinajstić information content (AvgIpc) is 3.08. The molecule has 0 bridgehead atoms. The Balaban J connectivity index is 1.82. The first kappa shape index (κ1) is 21.2. The van der Waals surface area contributed by atoms with Crippen LogP contribution in [0.4, 0.5) is 11.4 Å². The highest BCUT2D eigenvalue weighted by Crippen LogP contribution is 2.37. The summed E-state index contributed by atoms with van der Waals surface area (Å²) in [7, 11) is 3.08. The van der Waals surface area contributed by atoms with E-state index in [0.29, 0.717) is 22.7 Å². The second-order valence-corrected chi connectivity index (χ2v) is 7.28. The predicted octanol–water partition coefficient (Wildman–Crippen LogP) is 4.66. The van der Waals surface area contributed by atoms with Crippen molar-refractivity contribution in [1.29, 1.82) is 0 Å². The molecule has 0 saturated carbocycles. The Morgan fingerprint density at radius 2 is 1.50 bits per heavy atom. The van der Waals surface area contributed by atoms with Crippen molar-refractivity contribution in [2.45, 2.75) is 13.3 Å². The van der Waals surface area contributed by atoms with E-state index in [4.69, 9.17) is 9.47 Å². The average molecular weight is 428 g/mol. The number of rotatable bonds is 7. The zero-order valence-corrected chi connectivity index (χ0v) is 18.2. The third kappa shape index (κ3) is 3.83. The van der Waals surface area contributed by atoms with E-state index in [9.17, 15) is 9.59 Å². The van der Waals surface area contributed by atoms with Crippen LogP contribution in [0.2, 0.25) is 0 Å². The maximum atomic E-state index is 13.5. The fourth-order valence-corrected chi connectivity index (χ4v) is 3.68. The van der Waals surface area contributed by atoms with Gasteiger partial charge in [-0.2, -0.15) is 0 Å². The zero-order valence-electron chi connectivity index (χ0n) is 18.2. The quantitative estimate of drug-likeness (QED) is 0.554. The molecule has 0 spiro atoms. The number of hydrogen-bond donors (Lipinski definition) is 1. The first-order valence-corrected chi connectivity index (χ1v) is 10.3. The maximum absolute atomic E-state index is 13.5. The van der Waals surface area contributed by atoms with E-state index in [1.165, 1.54) is 17.6 Å². The van der Waals surface area contributed by atoms with E-state index >= 15 is 0 Å². The number of amides is 2. The maximum Gasteiger partial charge on any atom is 0.282 e. The van der Waals surface area contributed by atoms with Gasteiger partial charge in [0.05, 0.1) is 25.5 Å². The van der Waals surface area contributed by atoms with Gasteiger partial charge in [0.1, 0.15) is 5.70 Å². The van der Waals surface area contributed by atoms with E-state index in [1.807, 2.05) is 30.3 Å². The van der Waals surface area contributed by atoms with Crippen LogP contribution < -0.4 is 19.7 Å². The van der Waals surface area contributed by atoms with Gasteiger partial charge < -0.3 is 14.8 Å². The monoisotopic (exact) mass is 428 g/mol. The Bertz CT molecular complexity index is 1180. The summed E-state index contributed by atoms with van der Waals surface area (Å²) in [6, 6.07) is 21.9. The number of carbonyl (C=O) groups excluding carboxylic acids is 2. The summed E-state index contributed by atoms with van der Waals surface area (Å²) in [6.45, 7) is 2.08. The summed E-state index contributed by atoms with van der Waals surface area (Å²) >= 11 is 0. The van der Waals surface area contributed by atoms with E-state index < -0.39 is 11.8 Å². The van der Waals surface area contributed by atoms with Crippen LogP contribution in [0.5, 0.6) is 11.5 Å². The highest BCUT2D eigenvalue weighted by Gasteiger charge is 2.40. The Kier molecular flexibility index (Phi) is 5.94. The lowest BCUT2D eigenvalue weighted by atomic mass is 10.0. The number of nitrogens with one attached hydrogen (secondary N) is 1. The number of methoxy groups -OCH3 is 2. The van der Waals surface area contributed by atoms with Crippen molar-refractivity contribution in [2.24, 2.45) is 0 Å². The molecule has 0 aliphatic carbocycles. The van der Waals surface area contributed by atoms with Crippen molar-refractivity contribution in [2.75, 3.05) is 24.4 Å². The highest BCUT2D eigenvalue weighted by atomic mass is 16.5. The van der Waals surface area contributed by atoms with Crippen LogP contribution in [0.25, 0.3) is 5.57 Å². The minimum absolute atomic E-state index is 0.218. The molecule has 1 heterocycles. The van der Waals surface area contributed by atoms with Crippen molar-refractivity contribution in [3.63, 3.8) is 0 Å². The lowest BCUT2D eigenvalue weighted by Gasteiger charge is -2.15. The number of para-hydroxylation sites is 1. The van der Waals surface area contributed by atoms with E-state index in [0.717, 1.165) is 12.1 Å². The van der Waals surface area contributed by atoms with Crippen LogP contribution in [0.1, 0.15) is 18.1 Å². The summed E-state index contributed by atoms with van der Waals surface area (Å²) in [5.41, 5.74) is 3.48. The Labute approximate surface area is 187 Å². The molecule has 1 N–H and O–H groups in total. The number of imide groups is 1. The van der Waals surface area contributed by atoms with Crippen LogP contribution in [0, 0.1) is 0 Å². The third-order valence-electron chi connectivity index (χ3n) is 5.40. The fourth-order valence-electron chi connectivity index (χ4n) is 3.68. The molecule has 6 nitrogen and oxygen atoms in total. The molecule has 6 heteroatoms. The normalized spacial score (nSPS) is 13.5. The molecule has 0 unspecified atom stereocenters. The Morgan fingerprint density at radius 1 is 0.812 bits per heavy atom. The molecule has 0 aromatic heterocycles. The zero-order chi connectivity index (χ0) is 22.7. The van der Waals surface area contributed by atoms with Crippen molar-refractivity contribution in [3.8, 4) is 11.5 Å². The third-order valence-corrected chi connectivity index (χ3v) is 5.40. The lowest BCUT2D eigenvalue weighted by Crippen LogP contribution is -2.32. The summed E-state index contributed by atoms with van der Waals surface area (Å²) < 4.78 is 10.7. The predicted molar refractivity (Wildman–Crippen MR) is 125 cm³/mol. The van der Waals surface area contributed by atoms with Gasteiger partial charge in [0, 0.05) is 5.69 Å². The van der Waals surface area contributed by atoms with Gasteiger partial charge >= 0.3 is 0 Å². The minimum atomic E-state index is -0.412. The molecule has 3 aromatic carbocycles. The minimum Gasteiger partial charge on any atom is -0.493 e. The number of benzene rings is 3. The van der Waals surface area contributed by atoms with E-state index in [2.05, 4.69) is 12.2 Å². The molecule has 0 saturated heterocycles. The van der Waals surface area contributed by atoms with Crippen molar-refractivity contribution >= 4 is 28.8 Å². The highest BCUT2D eigenvalue weighted by molar-refractivity contribution is 6.46. The van der Waals surface area contributed by atoms with Gasteiger partial charge in [-0.1, -0.05) is 43.3 Å². The smallest absolute Gasteiger partial charge is 0.282 e. The standard InChI is InChI=1S/C26H24N2O4/c1-4-17-10-13-19(14-11-17)27-24-23(18-12-15-21(31-2)22(16-18)32-3)25(29)28(26(24)30)20-8-6-5-7-9-20/h5-16,27H,4H2,1-3H3.